The molecule has 0 atom stereocenters. The first-order chi connectivity index (χ1) is 14.5. The highest BCUT2D eigenvalue weighted by atomic mass is 16.6. The maximum absolute atomic E-state index is 12.5. The number of nitrogens with one attached hydrogen (secondary N) is 1. The molecule has 3 aromatic rings. The number of para-hydroxylation sites is 1. The molecule has 2 aromatic carbocycles. The molecule has 156 valence electrons. The topological polar surface area (TPSA) is 114 Å². The highest BCUT2D eigenvalue weighted by Gasteiger charge is 2.16. The smallest absolute Gasteiger partial charge is 0.269 e. The number of non-ortho nitro benzene ring substituents is 1. The number of nitrogens with zero attached hydrogens (tertiary/aromatic N) is 4. The minimum atomic E-state index is -0.465. The van der Waals surface area contributed by atoms with Gasteiger partial charge in [-0.05, 0) is 43.7 Å². The molecule has 0 bridgehead atoms. The van der Waals surface area contributed by atoms with E-state index in [1.807, 2.05) is 43.0 Å². The minimum Gasteiger partial charge on any atom is -0.419 e. The molecule has 0 aliphatic carbocycles. The molecule has 1 aromatic heterocycles. The highest BCUT2D eigenvalue weighted by molar-refractivity contribution is 5.92. The number of anilines is 1. The Labute approximate surface area is 173 Å². The van der Waals surface area contributed by atoms with Gasteiger partial charge >= 0.3 is 0 Å². The van der Waals surface area contributed by atoms with Gasteiger partial charge in [0.05, 0.1) is 18.0 Å². The molecule has 3 rings (SSSR count). The number of hydrogen-bond acceptors (Lipinski definition) is 7. The van der Waals surface area contributed by atoms with Gasteiger partial charge in [0.25, 0.3) is 5.69 Å². The van der Waals surface area contributed by atoms with Gasteiger partial charge in [-0.1, -0.05) is 25.1 Å². The van der Waals surface area contributed by atoms with E-state index in [0.717, 1.165) is 17.7 Å². The second-order valence-electron chi connectivity index (χ2n) is 6.88. The van der Waals surface area contributed by atoms with E-state index in [2.05, 4.69) is 15.5 Å². The standard InChI is InChI=1S/C21H23N5O4/c1-3-12-25(13-19(27)22-18-7-5-4-6-15(18)2)14-20-23-24-21(30-20)16-8-10-17(11-9-16)26(28)29/h4-11H,3,12-14H2,1-2H3,(H,22,27). The predicted molar refractivity (Wildman–Crippen MR) is 112 cm³/mol. The van der Waals surface area contributed by atoms with Gasteiger partial charge in [0, 0.05) is 23.4 Å². The van der Waals surface area contributed by atoms with Gasteiger partial charge in [0.15, 0.2) is 0 Å². The fourth-order valence-corrected chi connectivity index (χ4v) is 2.99. The molecule has 9 nitrogen and oxygen atoms in total. The third kappa shape index (κ3) is 5.48. The molecule has 1 N–H and O–H groups in total. The Morgan fingerprint density at radius 1 is 1.17 bits per heavy atom. The van der Waals surface area contributed by atoms with Gasteiger partial charge in [-0.3, -0.25) is 19.8 Å². The molecule has 0 saturated carbocycles. The molecule has 0 saturated heterocycles. The van der Waals surface area contributed by atoms with Crippen LogP contribution in [-0.4, -0.2) is 39.0 Å². The normalized spacial score (nSPS) is 10.9. The lowest BCUT2D eigenvalue weighted by Gasteiger charge is -2.19. The number of aryl methyl sites for hydroxylation is 1. The zero-order valence-corrected chi connectivity index (χ0v) is 16.9. The molecule has 9 heteroatoms. The third-order valence-electron chi connectivity index (χ3n) is 4.48. The SMILES string of the molecule is CCCN(CC(=O)Nc1ccccc1C)Cc1nnc(-c2ccc([N+](=O)[O-])cc2)o1. The lowest BCUT2D eigenvalue weighted by Crippen LogP contribution is -2.33. The van der Waals surface area contributed by atoms with Crippen molar-refractivity contribution in [1.82, 2.24) is 15.1 Å². The lowest BCUT2D eigenvalue weighted by molar-refractivity contribution is -0.384. The van der Waals surface area contributed by atoms with Crippen molar-refractivity contribution >= 4 is 17.3 Å². The summed E-state index contributed by atoms with van der Waals surface area (Å²) < 4.78 is 5.70. The number of amides is 1. The van der Waals surface area contributed by atoms with Crippen LogP contribution in [0.25, 0.3) is 11.5 Å². The number of rotatable bonds is 9. The quantitative estimate of drug-likeness (QED) is 0.422. The summed E-state index contributed by atoms with van der Waals surface area (Å²) in [4.78, 5) is 24.7. The van der Waals surface area contributed by atoms with E-state index >= 15 is 0 Å². The highest BCUT2D eigenvalue weighted by Crippen LogP contribution is 2.21. The van der Waals surface area contributed by atoms with Gasteiger partial charge in [-0.15, -0.1) is 10.2 Å². The van der Waals surface area contributed by atoms with Crippen LogP contribution >= 0.6 is 0 Å². The maximum Gasteiger partial charge on any atom is 0.269 e. The van der Waals surface area contributed by atoms with Gasteiger partial charge in [0.1, 0.15) is 0 Å². The average Bonchev–Trinajstić information content (AvgIpc) is 3.18. The fourth-order valence-electron chi connectivity index (χ4n) is 2.99. The zero-order chi connectivity index (χ0) is 21.5. The van der Waals surface area contributed by atoms with Crippen molar-refractivity contribution in [3.63, 3.8) is 0 Å². The third-order valence-corrected chi connectivity index (χ3v) is 4.48. The van der Waals surface area contributed by atoms with Crippen molar-refractivity contribution < 1.29 is 14.1 Å². The van der Waals surface area contributed by atoms with E-state index in [4.69, 9.17) is 4.42 Å². The number of carbonyl (C=O) groups is 1. The van der Waals surface area contributed by atoms with E-state index in [1.165, 1.54) is 12.1 Å². The molecule has 0 fully saturated rings. The Morgan fingerprint density at radius 3 is 2.57 bits per heavy atom. The van der Waals surface area contributed by atoms with E-state index < -0.39 is 4.92 Å². The largest absolute Gasteiger partial charge is 0.419 e. The summed E-state index contributed by atoms with van der Waals surface area (Å²) in [7, 11) is 0. The molecular weight excluding hydrogens is 386 g/mol. The Kier molecular flexibility index (Phi) is 6.87. The minimum absolute atomic E-state index is 0.00715. The molecule has 1 amide bonds. The lowest BCUT2D eigenvalue weighted by atomic mass is 10.2. The van der Waals surface area contributed by atoms with Gasteiger partial charge in [-0.25, -0.2) is 0 Å². The van der Waals surface area contributed by atoms with Gasteiger partial charge in [-0.2, -0.15) is 0 Å². The van der Waals surface area contributed by atoms with Crippen LogP contribution in [0.2, 0.25) is 0 Å². The molecule has 30 heavy (non-hydrogen) atoms. The van der Waals surface area contributed by atoms with Crippen LogP contribution in [0.15, 0.2) is 52.9 Å². The summed E-state index contributed by atoms with van der Waals surface area (Å²) in [5.41, 5.74) is 2.38. The summed E-state index contributed by atoms with van der Waals surface area (Å²) in [6.07, 6.45) is 0.862. The van der Waals surface area contributed by atoms with Crippen molar-refractivity contribution in [1.29, 1.82) is 0 Å². The summed E-state index contributed by atoms with van der Waals surface area (Å²) in [5, 5.41) is 21.8. The molecule has 1 heterocycles. The fraction of sp³-hybridized carbons (Fsp3) is 0.286. The van der Waals surface area contributed by atoms with E-state index in [-0.39, 0.29) is 24.0 Å². The second kappa shape index (κ2) is 9.75. The van der Waals surface area contributed by atoms with E-state index in [1.54, 1.807) is 12.1 Å². The first-order valence-corrected chi connectivity index (χ1v) is 9.61. The van der Waals surface area contributed by atoms with Crippen LogP contribution in [0.3, 0.4) is 0 Å². The summed E-state index contributed by atoms with van der Waals surface area (Å²) >= 11 is 0. The molecule has 0 aliphatic rings. The molecular formula is C21H23N5O4. The van der Waals surface area contributed by atoms with E-state index in [9.17, 15) is 14.9 Å². The van der Waals surface area contributed by atoms with Crippen LogP contribution in [0, 0.1) is 17.0 Å². The maximum atomic E-state index is 12.5. The number of benzene rings is 2. The van der Waals surface area contributed by atoms with Crippen LogP contribution in [0.4, 0.5) is 11.4 Å². The van der Waals surface area contributed by atoms with E-state index in [0.29, 0.717) is 24.5 Å². The average molecular weight is 409 g/mol. The Hall–Kier alpha value is -3.59. The zero-order valence-electron chi connectivity index (χ0n) is 16.9. The van der Waals surface area contributed by atoms with Gasteiger partial charge in [0.2, 0.25) is 17.7 Å². The van der Waals surface area contributed by atoms with Crippen LogP contribution in [-0.2, 0) is 11.3 Å². The van der Waals surface area contributed by atoms with Crippen molar-refractivity contribution in [3.05, 3.63) is 70.1 Å². The van der Waals surface area contributed by atoms with Crippen molar-refractivity contribution in [2.75, 3.05) is 18.4 Å². The summed E-state index contributed by atoms with van der Waals surface area (Å²) in [5.74, 6) is 0.536. The molecule has 0 aliphatic heterocycles. The molecule has 0 spiro atoms. The van der Waals surface area contributed by atoms with Crippen molar-refractivity contribution in [3.8, 4) is 11.5 Å². The number of nitro groups is 1. The molecule has 0 radical (unpaired) electrons. The Morgan fingerprint density at radius 2 is 1.90 bits per heavy atom. The number of carbonyl (C=O) groups excluding carboxylic acids is 1. The monoisotopic (exact) mass is 409 g/mol. The second-order valence-corrected chi connectivity index (χ2v) is 6.88. The predicted octanol–water partition coefficient (Wildman–Crippen LogP) is 3.80. The number of hydrogen-bond donors (Lipinski definition) is 1. The first-order valence-electron chi connectivity index (χ1n) is 9.61. The van der Waals surface area contributed by atoms with Gasteiger partial charge < -0.3 is 9.73 Å². The van der Waals surface area contributed by atoms with Crippen molar-refractivity contribution in [2.24, 2.45) is 0 Å². The van der Waals surface area contributed by atoms with Crippen LogP contribution in [0.1, 0.15) is 24.8 Å². The Bertz CT molecular complexity index is 1020. The summed E-state index contributed by atoms with van der Waals surface area (Å²) in [6, 6.07) is 13.5. The first kappa shape index (κ1) is 21.1. The molecule has 0 unspecified atom stereocenters. The summed E-state index contributed by atoms with van der Waals surface area (Å²) in [6.45, 7) is 5.18. The number of nitro benzene ring substituents is 1. The van der Waals surface area contributed by atoms with Crippen molar-refractivity contribution in [2.45, 2.75) is 26.8 Å². The van der Waals surface area contributed by atoms with Crippen LogP contribution in [0.5, 0.6) is 0 Å². The Balaban J connectivity index is 1.64. The van der Waals surface area contributed by atoms with Crippen LogP contribution < -0.4 is 5.32 Å². The number of aromatic nitrogens is 2.